The molecule has 11 heteroatoms. The highest BCUT2D eigenvalue weighted by atomic mass is 35.5. The molecule has 3 N–H and O–H groups in total. The molecule has 5 rings (SSSR count). The number of carbonyl (C=O) groups excluding carboxylic acids is 1. The van der Waals surface area contributed by atoms with E-state index in [1.165, 1.54) is 0 Å². The third-order valence-electron chi connectivity index (χ3n) is 5.94. The molecule has 1 atom stereocenters. The number of nitrogens with one attached hydrogen (secondary N) is 1. The molecule has 3 aromatic rings. The Labute approximate surface area is 184 Å². The average molecular weight is 442 g/mol. The average Bonchev–Trinajstić information content (AvgIpc) is 3.45. The van der Waals surface area contributed by atoms with E-state index in [1.807, 2.05) is 4.90 Å². The van der Waals surface area contributed by atoms with Gasteiger partial charge in [-0.25, -0.2) is 9.97 Å². The fraction of sp³-hybridized carbons (Fsp3) is 0.450. The fourth-order valence-electron chi connectivity index (χ4n) is 4.39. The first-order chi connectivity index (χ1) is 15.0. The number of aromatic amines is 1. The van der Waals surface area contributed by atoms with Crippen LogP contribution in [0.4, 0.5) is 17.6 Å². The molecule has 0 aromatic carbocycles. The minimum Gasteiger partial charge on any atom is -0.368 e. The topological polar surface area (TPSA) is 120 Å². The number of rotatable bonds is 3. The number of pyridine rings is 1. The van der Waals surface area contributed by atoms with Crippen LogP contribution in [0.3, 0.4) is 0 Å². The molecule has 0 radical (unpaired) electrons. The predicted octanol–water partition coefficient (Wildman–Crippen LogP) is 1.93. The van der Waals surface area contributed by atoms with Crippen molar-refractivity contribution in [2.45, 2.75) is 25.8 Å². The van der Waals surface area contributed by atoms with Gasteiger partial charge in [-0.05, 0) is 25.8 Å². The van der Waals surface area contributed by atoms with E-state index >= 15 is 0 Å². The van der Waals surface area contributed by atoms with Gasteiger partial charge in [0.25, 0.3) is 5.91 Å². The summed E-state index contributed by atoms with van der Waals surface area (Å²) in [6, 6.07) is 1.86. The number of likely N-dealkylation sites (tertiary alicyclic amines) is 1. The lowest BCUT2D eigenvalue weighted by Crippen LogP contribution is -2.53. The number of anilines is 3. The van der Waals surface area contributed by atoms with Crippen LogP contribution >= 0.6 is 11.6 Å². The van der Waals surface area contributed by atoms with Gasteiger partial charge < -0.3 is 25.4 Å². The van der Waals surface area contributed by atoms with E-state index in [0.29, 0.717) is 41.7 Å². The highest BCUT2D eigenvalue weighted by Gasteiger charge is 2.29. The smallest absolute Gasteiger partial charge is 0.255 e. The van der Waals surface area contributed by atoms with Crippen molar-refractivity contribution >= 4 is 46.3 Å². The standard InChI is InChI=1S/C20H24ClN9O/c1-12-10-29(18-15-16(25-11-24-15)26-20(22)27-18)6-7-30(12)17-14(21)8-13(9-23-17)19(31)28-4-2-3-5-28/h8-9,11-12H,2-7,10H2,1H3,(H3,22,24,25,26,27)/t12-/m0/s1. The number of hydrogen-bond donors (Lipinski definition) is 2. The van der Waals surface area contributed by atoms with Gasteiger partial charge in [-0.1, -0.05) is 11.6 Å². The van der Waals surface area contributed by atoms with Crippen molar-refractivity contribution in [2.24, 2.45) is 0 Å². The summed E-state index contributed by atoms with van der Waals surface area (Å²) >= 11 is 6.58. The summed E-state index contributed by atoms with van der Waals surface area (Å²) in [7, 11) is 0. The molecule has 5 heterocycles. The van der Waals surface area contributed by atoms with E-state index in [9.17, 15) is 4.79 Å². The van der Waals surface area contributed by atoms with Crippen LogP contribution in [0, 0.1) is 0 Å². The number of fused-ring (bicyclic) bond motifs is 1. The summed E-state index contributed by atoms with van der Waals surface area (Å²) in [5, 5.41) is 0.493. The van der Waals surface area contributed by atoms with Crippen LogP contribution in [0.5, 0.6) is 0 Å². The molecule has 3 aromatic heterocycles. The van der Waals surface area contributed by atoms with Crippen molar-refractivity contribution < 1.29 is 4.79 Å². The first-order valence-corrected chi connectivity index (χ1v) is 10.8. The Morgan fingerprint density at radius 3 is 2.71 bits per heavy atom. The molecular formula is C20H24ClN9O. The zero-order chi connectivity index (χ0) is 21.5. The Bertz CT molecular complexity index is 1130. The Morgan fingerprint density at radius 2 is 1.97 bits per heavy atom. The number of aromatic nitrogens is 5. The molecule has 1 amide bonds. The van der Waals surface area contributed by atoms with Crippen molar-refractivity contribution in [2.75, 3.05) is 48.3 Å². The Kier molecular flexibility index (Phi) is 5.01. The largest absolute Gasteiger partial charge is 0.368 e. The fourth-order valence-corrected chi connectivity index (χ4v) is 4.66. The van der Waals surface area contributed by atoms with Gasteiger partial charge in [0.1, 0.15) is 11.3 Å². The molecule has 2 saturated heterocycles. The molecule has 0 unspecified atom stereocenters. The van der Waals surface area contributed by atoms with Crippen LogP contribution in [0.1, 0.15) is 30.1 Å². The molecule has 0 saturated carbocycles. The summed E-state index contributed by atoms with van der Waals surface area (Å²) in [6.07, 6.45) is 5.34. The molecule has 10 nitrogen and oxygen atoms in total. The zero-order valence-electron chi connectivity index (χ0n) is 17.3. The third kappa shape index (κ3) is 3.60. The summed E-state index contributed by atoms with van der Waals surface area (Å²) in [4.78, 5) is 39.3. The van der Waals surface area contributed by atoms with Gasteiger partial charge in [-0.3, -0.25) is 4.79 Å². The van der Waals surface area contributed by atoms with Crippen LogP contribution in [-0.4, -0.2) is 74.5 Å². The predicted molar refractivity (Wildman–Crippen MR) is 120 cm³/mol. The number of nitrogens with zero attached hydrogens (tertiary/aromatic N) is 7. The van der Waals surface area contributed by atoms with Gasteiger partial charge in [0.05, 0.1) is 16.9 Å². The minimum absolute atomic E-state index is 0.00115. The number of piperazine rings is 1. The van der Waals surface area contributed by atoms with Gasteiger partial charge in [0, 0.05) is 45.0 Å². The summed E-state index contributed by atoms with van der Waals surface area (Å²) in [6.45, 7) is 5.83. The van der Waals surface area contributed by atoms with Crippen LogP contribution in [-0.2, 0) is 0 Å². The molecule has 2 aliphatic rings. The molecule has 0 bridgehead atoms. The molecular weight excluding hydrogens is 418 g/mol. The molecule has 2 fully saturated rings. The SMILES string of the molecule is C[C@H]1CN(c2nc(N)nc3nc[nH]c23)CCN1c1ncc(C(=O)N2CCCC2)cc1Cl. The number of H-pyrrole nitrogens is 1. The Hall–Kier alpha value is -3.14. The maximum atomic E-state index is 12.6. The number of hydrogen-bond acceptors (Lipinski definition) is 8. The molecule has 0 aliphatic carbocycles. The monoisotopic (exact) mass is 441 g/mol. The van der Waals surface area contributed by atoms with E-state index in [4.69, 9.17) is 17.3 Å². The van der Waals surface area contributed by atoms with Gasteiger partial charge in [0.15, 0.2) is 11.5 Å². The third-order valence-corrected chi connectivity index (χ3v) is 6.22. The lowest BCUT2D eigenvalue weighted by molar-refractivity contribution is 0.0792. The normalized spacial score (nSPS) is 19.4. The van der Waals surface area contributed by atoms with E-state index in [2.05, 4.69) is 41.6 Å². The minimum atomic E-state index is 0.00115. The van der Waals surface area contributed by atoms with Crippen molar-refractivity contribution in [1.82, 2.24) is 29.8 Å². The van der Waals surface area contributed by atoms with E-state index in [1.54, 1.807) is 18.6 Å². The number of nitrogens with two attached hydrogens (primary N) is 1. The van der Waals surface area contributed by atoms with Crippen LogP contribution in [0.15, 0.2) is 18.6 Å². The van der Waals surface area contributed by atoms with Crippen molar-refractivity contribution in [3.05, 3.63) is 29.2 Å². The number of halogens is 1. The molecule has 162 valence electrons. The lowest BCUT2D eigenvalue weighted by atomic mass is 10.1. The van der Waals surface area contributed by atoms with Gasteiger partial charge in [-0.2, -0.15) is 9.97 Å². The molecule has 2 aliphatic heterocycles. The molecule has 0 spiro atoms. The first kappa shape index (κ1) is 19.8. The number of amides is 1. The highest BCUT2D eigenvalue weighted by molar-refractivity contribution is 6.33. The van der Waals surface area contributed by atoms with E-state index < -0.39 is 0 Å². The second-order valence-corrected chi connectivity index (χ2v) is 8.43. The Morgan fingerprint density at radius 1 is 1.16 bits per heavy atom. The summed E-state index contributed by atoms with van der Waals surface area (Å²) < 4.78 is 0. The molecule has 31 heavy (non-hydrogen) atoms. The first-order valence-electron chi connectivity index (χ1n) is 10.4. The van der Waals surface area contributed by atoms with Gasteiger partial charge in [-0.15, -0.1) is 0 Å². The quantitative estimate of drug-likeness (QED) is 0.632. The van der Waals surface area contributed by atoms with Gasteiger partial charge in [0.2, 0.25) is 5.95 Å². The maximum Gasteiger partial charge on any atom is 0.255 e. The van der Waals surface area contributed by atoms with Crippen molar-refractivity contribution in [3.8, 4) is 0 Å². The second-order valence-electron chi connectivity index (χ2n) is 8.02. The van der Waals surface area contributed by atoms with Crippen molar-refractivity contribution in [3.63, 3.8) is 0 Å². The summed E-state index contributed by atoms with van der Waals surface area (Å²) in [5.74, 6) is 1.65. The van der Waals surface area contributed by atoms with Crippen LogP contribution in [0.2, 0.25) is 5.02 Å². The lowest BCUT2D eigenvalue weighted by Gasteiger charge is -2.41. The zero-order valence-corrected chi connectivity index (χ0v) is 18.0. The van der Waals surface area contributed by atoms with Gasteiger partial charge >= 0.3 is 0 Å². The number of carbonyl (C=O) groups is 1. The van der Waals surface area contributed by atoms with Crippen LogP contribution < -0.4 is 15.5 Å². The van der Waals surface area contributed by atoms with E-state index in [-0.39, 0.29) is 17.9 Å². The second kappa shape index (κ2) is 7.84. The van der Waals surface area contributed by atoms with Crippen LogP contribution in [0.25, 0.3) is 11.2 Å². The van der Waals surface area contributed by atoms with Crippen molar-refractivity contribution in [1.29, 1.82) is 0 Å². The van der Waals surface area contributed by atoms with E-state index in [0.717, 1.165) is 37.3 Å². The maximum absolute atomic E-state index is 12.6. The highest BCUT2D eigenvalue weighted by Crippen LogP contribution is 2.30. The number of nitrogen functional groups attached to an aromatic ring is 1. The Balaban J connectivity index is 1.35. The summed E-state index contributed by atoms with van der Waals surface area (Å²) in [5.41, 5.74) is 7.75. The number of imidazole rings is 1.